The van der Waals surface area contributed by atoms with Crippen LogP contribution in [0.1, 0.15) is 22.6 Å². The third-order valence-corrected chi connectivity index (χ3v) is 4.81. The number of aromatic amines is 2. The van der Waals surface area contributed by atoms with E-state index in [-0.39, 0.29) is 5.56 Å². The van der Waals surface area contributed by atoms with Gasteiger partial charge in [-0.2, -0.15) is 0 Å². The van der Waals surface area contributed by atoms with Gasteiger partial charge >= 0.3 is 0 Å². The first-order valence-corrected chi connectivity index (χ1v) is 8.60. The predicted molar refractivity (Wildman–Crippen MR) is 96.7 cm³/mol. The van der Waals surface area contributed by atoms with Crippen LogP contribution in [0.5, 0.6) is 0 Å². The molecule has 0 aliphatic carbocycles. The molecule has 1 aliphatic rings. The van der Waals surface area contributed by atoms with Gasteiger partial charge in [-0.25, -0.2) is 0 Å². The summed E-state index contributed by atoms with van der Waals surface area (Å²) in [5.41, 5.74) is 4.56. The van der Waals surface area contributed by atoms with Crippen molar-refractivity contribution >= 4 is 12.2 Å². The second kappa shape index (κ2) is 6.42. The summed E-state index contributed by atoms with van der Waals surface area (Å²) in [5, 5.41) is 4.24. The average Bonchev–Trinajstić information content (AvgIpc) is 2.97. The Morgan fingerprint density at radius 3 is 2.88 bits per heavy atom. The summed E-state index contributed by atoms with van der Waals surface area (Å²) >= 11 is 5.05. The van der Waals surface area contributed by atoms with Gasteiger partial charge in [0.05, 0.1) is 5.56 Å². The Hall–Kier alpha value is -2.51. The normalized spacial score (nSPS) is 14.4. The quantitative estimate of drug-likeness (QED) is 0.707. The first-order chi connectivity index (χ1) is 12.1. The lowest BCUT2D eigenvalue weighted by Gasteiger charge is -2.27. The average molecular weight is 354 g/mol. The van der Waals surface area contributed by atoms with Crippen LogP contribution in [0.15, 0.2) is 39.6 Å². The number of nitrogens with one attached hydrogen (secondary N) is 2. The van der Waals surface area contributed by atoms with Crippen molar-refractivity contribution in [1.29, 1.82) is 0 Å². The molecule has 0 radical (unpaired) electrons. The van der Waals surface area contributed by atoms with Crippen molar-refractivity contribution in [2.75, 3.05) is 6.54 Å². The zero-order chi connectivity index (χ0) is 17.4. The van der Waals surface area contributed by atoms with Gasteiger partial charge in [0, 0.05) is 42.9 Å². The minimum absolute atomic E-state index is 0.103. The lowest BCUT2D eigenvalue weighted by Crippen LogP contribution is -2.35. The molecule has 2 N–H and O–H groups in total. The number of benzene rings is 1. The highest BCUT2D eigenvalue weighted by atomic mass is 32.1. The van der Waals surface area contributed by atoms with Gasteiger partial charge in [0.15, 0.2) is 4.77 Å². The van der Waals surface area contributed by atoms with Crippen LogP contribution >= 0.6 is 12.2 Å². The van der Waals surface area contributed by atoms with E-state index < -0.39 is 0 Å². The molecule has 2 aromatic heterocycles. The van der Waals surface area contributed by atoms with E-state index in [1.165, 1.54) is 0 Å². The number of aromatic nitrogens is 3. The lowest BCUT2D eigenvalue weighted by atomic mass is 10.0. The molecule has 3 heterocycles. The maximum absolute atomic E-state index is 12.2. The molecule has 0 atom stereocenters. The second-order valence-corrected chi connectivity index (χ2v) is 6.67. The van der Waals surface area contributed by atoms with E-state index in [9.17, 15) is 4.79 Å². The summed E-state index contributed by atoms with van der Waals surface area (Å²) in [6.07, 6.45) is 0.772. The fraction of sp³-hybridized carbons (Fsp3) is 0.278. The van der Waals surface area contributed by atoms with E-state index in [0.717, 1.165) is 46.8 Å². The third kappa shape index (κ3) is 3.08. The molecule has 25 heavy (non-hydrogen) atoms. The largest absolute Gasteiger partial charge is 0.361 e. The van der Waals surface area contributed by atoms with Crippen molar-refractivity contribution in [3.63, 3.8) is 0 Å². The Bertz CT molecular complexity index is 1020. The van der Waals surface area contributed by atoms with Crippen molar-refractivity contribution in [3.05, 3.63) is 68.0 Å². The molecule has 1 aromatic carbocycles. The number of rotatable bonds is 3. The Morgan fingerprint density at radius 2 is 2.08 bits per heavy atom. The van der Waals surface area contributed by atoms with Crippen LogP contribution in [0.4, 0.5) is 0 Å². The minimum atomic E-state index is -0.103. The van der Waals surface area contributed by atoms with Gasteiger partial charge in [-0.3, -0.25) is 14.7 Å². The maximum atomic E-state index is 12.2. The topological polar surface area (TPSA) is 77.9 Å². The fourth-order valence-electron chi connectivity index (χ4n) is 3.27. The number of H-pyrrole nitrogens is 2. The maximum Gasteiger partial charge on any atom is 0.256 e. The molecular formula is C18H18N4O2S. The van der Waals surface area contributed by atoms with E-state index in [1.54, 1.807) is 0 Å². The van der Waals surface area contributed by atoms with Gasteiger partial charge in [0.2, 0.25) is 0 Å². The smallest absolute Gasteiger partial charge is 0.256 e. The molecule has 3 aromatic rings. The van der Waals surface area contributed by atoms with Crippen LogP contribution in [-0.4, -0.2) is 26.6 Å². The molecule has 0 amide bonds. The summed E-state index contributed by atoms with van der Waals surface area (Å²) in [5.74, 6) is 0.811. The molecular weight excluding hydrogens is 336 g/mol. The molecule has 6 nitrogen and oxygen atoms in total. The van der Waals surface area contributed by atoms with Crippen molar-refractivity contribution in [2.45, 2.75) is 26.4 Å². The van der Waals surface area contributed by atoms with Gasteiger partial charge < -0.3 is 9.51 Å². The highest BCUT2D eigenvalue weighted by molar-refractivity contribution is 7.71. The summed E-state index contributed by atoms with van der Waals surface area (Å²) in [6.45, 7) is 4.04. The molecule has 0 bridgehead atoms. The number of aryl methyl sites for hydroxylation is 1. The van der Waals surface area contributed by atoms with Crippen LogP contribution in [0, 0.1) is 11.7 Å². The fourth-order valence-corrected chi connectivity index (χ4v) is 3.49. The number of hydrogen-bond donors (Lipinski definition) is 2. The van der Waals surface area contributed by atoms with Crippen molar-refractivity contribution in [3.8, 4) is 11.3 Å². The van der Waals surface area contributed by atoms with Gasteiger partial charge in [0.1, 0.15) is 11.5 Å². The first kappa shape index (κ1) is 16.0. The first-order valence-electron chi connectivity index (χ1n) is 8.19. The third-order valence-electron chi connectivity index (χ3n) is 4.60. The Labute approximate surface area is 149 Å². The summed E-state index contributed by atoms with van der Waals surface area (Å²) < 4.78 is 5.82. The van der Waals surface area contributed by atoms with Crippen molar-refractivity contribution in [2.24, 2.45) is 0 Å². The van der Waals surface area contributed by atoms with E-state index in [4.69, 9.17) is 16.7 Å². The zero-order valence-corrected chi connectivity index (χ0v) is 14.7. The van der Waals surface area contributed by atoms with E-state index in [2.05, 4.69) is 20.0 Å². The number of fused-ring (bicyclic) bond motifs is 1. The molecule has 7 heteroatoms. The predicted octanol–water partition coefficient (Wildman–Crippen LogP) is 2.95. The van der Waals surface area contributed by atoms with Crippen LogP contribution in [-0.2, 0) is 19.5 Å². The van der Waals surface area contributed by atoms with E-state index in [1.807, 2.05) is 37.3 Å². The lowest BCUT2D eigenvalue weighted by molar-refractivity contribution is 0.240. The molecule has 0 saturated carbocycles. The molecule has 128 valence electrons. The SMILES string of the molecule is Cc1onc(-c2ccccc2)c1CN1CCc2[nH]c(=S)[nH]c(=O)c2C1. The van der Waals surface area contributed by atoms with E-state index in [0.29, 0.717) is 17.9 Å². The Balaban J connectivity index is 1.63. The van der Waals surface area contributed by atoms with Crippen LogP contribution < -0.4 is 5.56 Å². The van der Waals surface area contributed by atoms with Gasteiger partial charge in [-0.15, -0.1) is 0 Å². The summed E-state index contributed by atoms with van der Waals surface area (Å²) in [7, 11) is 0. The van der Waals surface area contributed by atoms with E-state index >= 15 is 0 Å². The molecule has 0 saturated heterocycles. The van der Waals surface area contributed by atoms with Gasteiger partial charge in [0.25, 0.3) is 5.56 Å². The van der Waals surface area contributed by atoms with Gasteiger partial charge in [-0.1, -0.05) is 35.5 Å². The standard InChI is InChI=1S/C18H18N4O2S/c1-11-13(16(21-24-11)12-5-3-2-4-6-12)9-22-8-7-15-14(10-22)17(23)20-18(25)19-15/h2-6H,7-10H2,1H3,(H2,19,20,23,25). The Morgan fingerprint density at radius 1 is 1.28 bits per heavy atom. The Kier molecular flexibility index (Phi) is 4.10. The number of hydrogen-bond acceptors (Lipinski definition) is 5. The minimum Gasteiger partial charge on any atom is -0.361 e. The molecule has 4 rings (SSSR count). The zero-order valence-electron chi connectivity index (χ0n) is 13.8. The van der Waals surface area contributed by atoms with Gasteiger partial charge in [-0.05, 0) is 19.1 Å². The van der Waals surface area contributed by atoms with Crippen LogP contribution in [0.3, 0.4) is 0 Å². The monoisotopic (exact) mass is 354 g/mol. The highest BCUT2D eigenvalue weighted by Gasteiger charge is 2.23. The van der Waals surface area contributed by atoms with Crippen molar-refractivity contribution < 1.29 is 4.52 Å². The highest BCUT2D eigenvalue weighted by Crippen LogP contribution is 2.27. The van der Waals surface area contributed by atoms with Crippen LogP contribution in [0.2, 0.25) is 0 Å². The van der Waals surface area contributed by atoms with Crippen LogP contribution in [0.25, 0.3) is 11.3 Å². The molecule has 1 aliphatic heterocycles. The summed E-state index contributed by atoms with van der Waals surface area (Å²) in [6, 6.07) is 10.0. The second-order valence-electron chi connectivity index (χ2n) is 6.26. The molecule has 0 spiro atoms. The van der Waals surface area contributed by atoms with Crippen molar-refractivity contribution in [1.82, 2.24) is 20.0 Å². The summed E-state index contributed by atoms with van der Waals surface area (Å²) in [4.78, 5) is 20.2. The molecule has 0 unspecified atom stereocenters. The molecule has 0 fully saturated rings. The number of nitrogens with zero attached hydrogens (tertiary/aromatic N) is 2.